The molecule has 0 aliphatic heterocycles. The van der Waals surface area contributed by atoms with Crippen LogP contribution in [-0.4, -0.2) is 31.9 Å². The summed E-state index contributed by atoms with van der Waals surface area (Å²) in [6.07, 6.45) is 0.947. The van der Waals surface area contributed by atoms with Gasteiger partial charge in [0, 0.05) is 16.1 Å². The van der Waals surface area contributed by atoms with E-state index in [1.165, 1.54) is 22.5 Å². The molecule has 0 saturated heterocycles. The number of carbonyl (C=O) groups excluding carboxylic acids is 1. The molecule has 9 heteroatoms. The molecule has 0 unspecified atom stereocenters. The molecular formula is C18H17F2N5OS. The first-order valence-corrected chi connectivity index (χ1v) is 9.13. The van der Waals surface area contributed by atoms with E-state index in [9.17, 15) is 13.6 Å². The van der Waals surface area contributed by atoms with Gasteiger partial charge in [0.05, 0.1) is 0 Å². The van der Waals surface area contributed by atoms with Gasteiger partial charge in [-0.25, -0.2) is 0 Å². The molecule has 1 N–H and O–H groups in total. The lowest BCUT2D eigenvalue weighted by Gasteiger charge is -2.05. The van der Waals surface area contributed by atoms with Crippen molar-refractivity contribution >= 4 is 23.4 Å². The fourth-order valence-electron chi connectivity index (χ4n) is 2.36. The Labute approximate surface area is 159 Å². The minimum atomic E-state index is -2.48. The Morgan fingerprint density at radius 1 is 1.15 bits per heavy atom. The number of aryl methyl sites for hydroxylation is 1. The van der Waals surface area contributed by atoms with Gasteiger partial charge in [-0.15, -0.1) is 10.2 Å². The van der Waals surface area contributed by atoms with Crippen LogP contribution in [0, 0.1) is 0 Å². The number of halogens is 2. The van der Waals surface area contributed by atoms with E-state index in [2.05, 4.69) is 27.7 Å². The molecule has 1 amide bonds. The Morgan fingerprint density at radius 3 is 2.48 bits per heavy atom. The Balaban J connectivity index is 1.58. The van der Waals surface area contributed by atoms with Crippen LogP contribution >= 0.6 is 11.8 Å². The van der Waals surface area contributed by atoms with Crippen LogP contribution in [0.15, 0.2) is 53.4 Å². The van der Waals surface area contributed by atoms with Crippen molar-refractivity contribution in [2.45, 2.75) is 30.5 Å². The fraction of sp³-hybridized carbons (Fsp3) is 0.222. The Kier molecular flexibility index (Phi) is 6.12. The standard InChI is InChI=1S/C18H17F2N5OS/c1-2-12-3-5-13(6-4-12)17-22-24-25(23-17)11-16(26)21-14-7-9-15(10-8-14)27-18(19)20/h3-10,18H,2,11H2,1H3,(H,21,26). The van der Waals surface area contributed by atoms with Crippen LogP contribution in [0.2, 0.25) is 0 Å². The minimum Gasteiger partial charge on any atom is -0.324 e. The van der Waals surface area contributed by atoms with Crippen LogP contribution in [0.3, 0.4) is 0 Å². The maximum atomic E-state index is 12.3. The second kappa shape index (κ2) is 8.72. The van der Waals surface area contributed by atoms with E-state index in [1.54, 1.807) is 12.1 Å². The van der Waals surface area contributed by atoms with E-state index in [1.807, 2.05) is 24.3 Å². The van der Waals surface area contributed by atoms with Crippen molar-refractivity contribution in [3.05, 3.63) is 54.1 Å². The molecule has 6 nitrogen and oxygen atoms in total. The molecule has 2 aromatic carbocycles. The summed E-state index contributed by atoms with van der Waals surface area (Å²) in [6, 6.07) is 14.0. The molecule has 1 heterocycles. The number of amides is 1. The van der Waals surface area contributed by atoms with Crippen molar-refractivity contribution in [1.29, 1.82) is 0 Å². The van der Waals surface area contributed by atoms with Crippen molar-refractivity contribution in [2.24, 2.45) is 0 Å². The summed E-state index contributed by atoms with van der Waals surface area (Å²) >= 11 is 0.453. The monoisotopic (exact) mass is 389 g/mol. The molecule has 0 spiro atoms. The number of aromatic nitrogens is 4. The third kappa shape index (κ3) is 5.33. The Hall–Kier alpha value is -2.81. The fourth-order valence-corrected chi connectivity index (χ4v) is 2.86. The predicted molar refractivity (Wildman–Crippen MR) is 99.6 cm³/mol. The number of nitrogens with one attached hydrogen (secondary N) is 1. The molecule has 0 aliphatic rings. The predicted octanol–water partition coefficient (Wildman–Crippen LogP) is 3.86. The zero-order valence-electron chi connectivity index (χ0n) is 14.5. The largest absolute Gasteiger partial charge is 0.324 e. The quantitative estimate of drug-likeness (QED) is 0.622. The number of anilines is 1. The lowest BCUT2D eigenvalue weighted by atomic mass is 10.1. The summed E-state index contributed by atoms with van der Waals surface area (Å²) in [7, 11) is 0. The van der Waals surface area contributed by atoms with Gasteiger partial charge >= 0.3 is 0 Å². The molecule has 3 rings (SSSR count). The van der Waals surface area contributed by atoms with Gasteiger partial charge < -0.3 is 5.32 Å². The highest BCUT2D eigenvalue weighted by atomic mass is 32.2. The number of hydrogen-bond donors (Lipinski definition) is 1. The molecule has 140 valence electrons. The van der Waals surface area contributed by atoms with Crippen LogP contribution in [-0.2, 0) is 17.8 Å². The van der Waals surface area contributed by atoms with Crippen LogP contribution in [0.4, 0.5) is 14.5 Å². The number of thioether (sulfide) groups is 1. The zero-order valence-corrected chi connectivity index (χ0v) is 15.3. The Morgan fingerprint density at radius 2 is 1.85 bits per heavy atom. The molecule has 0 aliphatic carbocycles. The second-order valence-electron chi connectivity index (χ2n) is 5.64. The lowest BCUT2D eigenvalue weighted by molar-refractivity contribution is -0.117. The number of alkyl halides is 2. The maximum Gasteiger partial charge on any atom is 0.288 e. The van der Waals surface area contributed by atoms with Crippen LogP contribution in [0.5, 0.6) is 0 Å². The van der Waals surface area contributed by atoms with Crippen molar-refractivity contribution in [3.8, 4) is 11.4 Å². The first kappa shape index (κ1) is 19.0. The third-order valence-electron chi connectivity index (χ3n) is 3.72. The average molecular weight is 389 g/mol. The van der Waals surface area contributed by atoms with E-state index < -0.39 is 5.76 Å². The highest BCUT2D eigenvalue weighted by Crippen LogP contribution is 2.26. The highest BCUT2D eigenvalue weighted by Gasteiger charge is 2.10. The van der Waals surface area contributed by atoms with Gasteiger partial charge in [0.15, 0.2) is 0 Å². The number of rotatable bonds is 7. The molecule has 0 radical (unpaired) electrons. The normalized spacial score (nSPS) is 11.0. The summed E-state index contributed by atoms with van der Waals surface area (Å²) in [5.41, 5.74) is 2.54. The zero-order chi connectivity index (χ0) is 19.2. The Bertz CT molecular complexity index is 897. The van der Waals surface area contributed by atoms with Crippen LogP contribution in [0.25, 0.3) is 11.4 Å². The van der Waals surface area contributed by atoms with E-state index in [0.717, 1.165) is 12.0 Å². The maximum absolute atomic E-state index is 12.3. The molecule has 0 bridgehead atoms. The van der Waals surface area contributed by atoms with Gasteiger partial charge in [-0.2, -0.15) is 13.6 Å². The third-order valence-corrected chi connectivity index (χ3v) is 4.44. The average Bonchev–Trinajstić information content (AvgIpc) is 3.11. The molecule has 3 aromatic rings. The minimum absolute atomic E-state index is 0.104. The highest BCUT2D eigenvalue weighted by molar-refractivity contribution is 7.99. The number of hydrogen-bond acceptors (Lipinski definition) is 5. The first-order chi connectivity index (χ1) is 13.0. The van der Waals surface area contributed by atoms with E-state index in [4.69, 9.17) is 0 Å². The number of carbonyl (C=O) groups is 1. The summed E-state index contributed by atoms with van der Waals surface area (Å²) in [5.74, 6) is -2.37. The van der Waals surface area contributed by atoms with Gasteiger partial charge in [0.2, 0.25) is 11.7 Å². The van der Waals surface area contributed by atoms with Crippen molar-refractivity contribution in [3.63, 3.8) is 0 Å². The summed E-state index contributed by atoms with van der Waals surface area (Å²) in [5, 5.41) is 14.7. The molecule has 0 saturated carbocycles. The molecular weight excluding hydrogens is 372 g/mol. The molecule has 0 fully saturated rings. The van der Waals surface area contributed by atoms with Crippen molar-refractivity contribution < 1.29 is 13.6 Å². The van der Waals surface area contributed by atoms with E-state index in [-0.39, 0.29) is 12.5 Å². The second-order valence-corrected chi connectivity index (χ2v) is 6.71. The van der Waals surface area contributed by atoms with E-state index in [0.29, 0.717) is 28.2 Å². The van der Waals surface area contributed by atoms with Crippen LogP contribution in [0.1, 0.15) is 12.5 Å². The van der Waals surface area contributed by atoms with Gasteiger partial charge in [-0.3, -0.25) is 4.79 Å². The summed E-state index contributed by atoms with van der Waals surface area (Å²) in [6.45, 7) is 1.97. The molecule has 27 heavy (non-hydrogen) atoms. The van der Waals surface area contributed by atoms with Gasteiger partial charge in [0.1, 0.15) is 6.54 Å². The first-order valence-electron chi connectivity index (χ1n) is 8.25. The van der Waals surface area contributed by atoms with Crippen molar-refractivity contribution in [2.75, 3.05) is 5.32 Å². The molecule has 0 atom stereocenters. The van der Waals surface area contributed by atoms with Gasteiger partial charge in [-0.1, -0.05) is 43.0 Å². The van der Waals surface area contributed by atoms with E-state index >= 15 is 0 Å². The SMILES string of the molecule is CCc1ccc(-c2nnn(CC(=O)Nc3ccc(SC(F)F)cc3)n2)cc1. The summed E-state index contributed by atoms with van der Waals surface area (Å²) < 4.78 is 24.6. The summed E-state index contributed by atoms with van der Waals surface area (Å²) in [4.78, 5) is 13.7. The van der Waals surface area contributed by atoms with Gasteiger partial charge in [-0.05, 0) is 41.5 Å². The molecule has 1 aromatic heterocycles. The van der Waals surface area contributed by atoms with Crippen LogP contribution < -0.4 is 5.32 Å². The van der Waals surface area contributed by atoms with Gasteiger partial charge in [0.25, 0.3) is 5.76 Å². The van der Waals surface area contributed by atoms with Crippen molar-refractivity contribution in [1.82, 2.24) is 20.2 Å². The number of tetrazole rings is 1. The smallest absolute Gasteiger partial charge is 0.288 e. The number of nitrogens with zero attached hydrogens (tertiary/aromatic N) is 4. The topological polar surface area (TPSA) is 72.7 Å². The number of benzene rings is 2. The lowest BCUT2D eigenvalue weighted by Crippen LogP contribution is -2.20.